The standard InChI is InChI=1S/2C15H26.2C8H8.C4H6/c2*1-6-14(4)10-8-12-15(5)11-7-9-13(2)3;2*1-2-8-6-4-3-5-7-8;1-3-4-2/h2*9,12H,4,6-8,10-11H2,1-3,5H3;2*2-7H,1H2;3-4H,1-2H2/b2*15-12+;;;. The lowest BCUT2D eigenvalue weighted by Gasteiger charge is -2.01. The molecule has 2 rings (SSSR count). The van der Waals surface area contributed by atoms with Crippen molar-refractivity contribution >= 4 is 12.2 Å². The Labute approximate surface area is 311 Å². The first-order valence-corrected chi connectivity index (χ1v) is 18.4. The molecular formula is C50H74. The van der Waals surface area contributed by atoms with Crippen LogP contribution in [0, 0.1) is 0 Å². The minimum atomic E-state index is 1.12. The topological polar surface area (TPSA) is 0 Å². The molecule has 0 radical (unpaired) electrons. The Bertz CT molecular complexity index is 1180. The summed E-state index contributed by atoms with van der Waals surface area (Å²) in [7, 11) is 0. The molecule has 2 aromatic rings. The summed E-state index contributed by atoms with van der Waals surface area (Å²) in [4.78, 5) is 0. The molecule has 274 valence electrons. The largest absolute Gasteiger partial charge is 0.0999 e. The summed E-state index contributed by atoms with van der Waals surface area (Å²) in [5.74, 6) is 0. The van der Waals surface area contributed by atoms with Gasteiger partial charge in [0, 0.05) is 0 Å². The van der Waals surface area contributed by atoms with Crippen LogP contribution in [-0.2, 0) is 0 Å². The predicted octanol–water partition coefficient (Wildman–Crippen LogP) is 16.9. The molecule has 0 nitrogen and oxygen atoms in total. The Hall–Kier alpha value is -4.16. The van der Waals surface area contributed by atoms with Gasteiger partial charge in [-0.3, -0.25) is 0 Å². The van der Waals surface area contributed by atoms with E-state index in [4.69, 9.17) is 0 Å². The molecule has 0 N–H and O–H groups in total. The molecule has 0 fully saturated rings. The number of hydrogen-bond donors (Lipinski definition) is 0. The third-order valence-corrected chi connectivity index (χ3v) is 7.40. The smallest absolute Gasteiger partial charge is 0.0263 e. The Morgan fingerprint density at radius 2 is 0.760 bits per heavy atom. The fourth-order valence-electron chi connectivity index (χ4n) is 3.96. The zero-order valence-corrected chi connectivity index (χ0v) is 33.7. The third-order valence-electron chi connectivity index (χ3n) is 7.40. The molecule has 0 aliphatic heterocycles. The Morgan fingerprint density at radius 1 is 0.460 bits per heavy atom. The fourth-order valence-corrected chi connectivity index (χ4v) is 3.96. The van der Waals surface area contributed by atoms with E-state index in [1.54, 1.807) is 12.2 Å². The van der Waals surface area contributed by atoms with Gasteiger partial charge in [-0.15, -0.1) is 0 Å². The summed E-state index contributed by atoms with van der Waals surface area (Å²) in [5.41, 5.74) is 10.9. The van der Waals surface area contributed by atoms with Gasteiger partial charge in [-0.2, -0.15) is 0 Å². The first-order valence-electron chi connectivity index (χ1n) is 18.4. The van der Waals surface area contributed by atoms with Crippen LogP contribution in [0.1, 0.15) is 131 Å². The normalized spacial score (nSPS) is 9.92. The predicted molar refractivity (Wildman–Crippen MR) is 236 cm³/mol. The number of benzene rings is 2. The molecular weight excluding hydrogens is 601 g/mol. The molecule has 0 saturated heterocycles. The summed E-state index contributed by atoms with van der Waals surface area (Å²) >= 11 is 0. The molecule has 0 bridgehead atoms. The van der Waals surface area contributed by atoms with Gasteiger partial charge in [0.1, 0.15) is 0 Å². The van der Waals surface area contributed by atoms with E-state index in [1.165, 1.54) is 70.2 Å². The van der Waals surface area contributed by atoms with Crippen LogP contribution in [-0.4, -0.2) is 0 Å². The van der Waals surface area contributed by atoms with Crippen LogP contribution in [0.2, 0.25) is 0 Å². The van der Waals surface area contributed by atoms with Crippen molar-refractivity contribution in [2.24, 2.45) is 0 Å². The van der Waals surface area contributed by atoms with Crippen molar-refractivity contribution in [1.82, 2.24) is 0 Å². The average molecular weight is 675 g/mol. The lowest BCUT2D eigenvalue weighted by atomic mass is 10.1. The molecule has 0 aliphatic rings. The monoisotopic (exact) mass is 675 g/mol. The Balaban J connectivity index is -0.000000586. The van der Waals surface area contributed by atoms with Crippen molar-refractivity contribution in [1.29, 1.82) is 0 Å². The highest BCUT2D eigenvalue weighted by molar-refractivity contribution is 5.46. The van der Waals surface area contributed by atoms with Gasteiger partial charge in [-0.1, -0.05) is 196 Å². The van der Waals surface area contributed by atoms with Crippen molar-refractivity contribution in [3.8, 4) is 0 Å². The number of hydrogen-bond acceptors (Lipinski definition) is 0. The molecule has 2 aromatic carbocycles. The van der Waals surface area contributed by atoms with Crippen LogP contribution < -0.4 is 0 Å². The van der Waals surface area contributed by atoms with E-state index in [0.717, 1.165) is 38.5 Å². The SMILES string of the molecule is C=C(CC)CC/C=C(\C)CCC=C(C)C.C=C(CC)CC/C=C(\C)CCC=C(C)C.C=CC=C.C=Cc1ccccc1.C=Cc1ccccc1. The van der Waals surface area contributed by atoms with Gasteiger partial charge >= 0.3 is 0 Å². The molecule has 0 saturated carbocycles. The number of allylic oxidation sites excluding steroid dienone is 12. The zero-order chi connectivity index (χ0) is 38.4. The summed E-state index contributed by atoms with van der Waals surface area (Å²) in [6, 6.07) is 20.1. The highest BCUT2D eigenvalue weighted by Crippen LogP contribution is 2.13. The van der Waals surface area contributed by atoms with Gasteiger partial charge in [0.25, 0.3) is 0 Å². The Kier molecular flexibility index (Phi) is 37.8. The highest BCUT2D eigenvalue weighted by atomic mass is 14.0. The molecule has 0 heteroatoms. The molecule has 50 heavy (non-hydrogen) atoms. The molecule has 0 amide bonds. The maximum absolute atomic E-state index is 4.02. The number of rotatable bonds is 17. The zero-order valence-electron chi connectivity index (χ0n) is 33.7. The van der Waals surface area contributed by atoms with Crippen molar-refractivity contribution in [3.63, 3.8) is 0 Å². The molecule has 0 aromatic heterocycles. The molecule has 0 aliphatic carbocycles. The summed E-state index contributed by atoms with van der Waals surface area (Å²) < 4.78 is 0. The van der Waals surface area contributed by atoms with Crippen LogP contribution in [0.25, 0.3) is 12.2 Å². The van der Waals surface area contributed by atoms with Crippen molar-refractivity contribution in [2.45, 2.75) is 120 Å². The van der Waals surface area contributed by atoms with Crippen LogP contribution >= 0.6 is 0 Å². The first kappa shape index (κ1) is 50.2. The van der Waals surface area contributed by atoms with Crippen LogP contribution in [0.4, 0.5) is 0 Å². The van der Waals surface area contributed by atoms with E-state index in [-0.39, 0.29) is 0 Å². The van der Waals surface area contributed by atoms with Crippen molar-refractivity contribution in [3.05, 3.63) is 181 Å². The van der Waals surface area contributed by atoms with Crippen molar-refractivity contribution in [2.75, 3.05) is 0 Å². The first-order chi connectivity index (χ1) is 23.9. The molecule has 0 spiro atoms. The van der Waals surface area contributed by atoms with Gasteiger partial charge in [-0.25, -0.2) is 0 Å². The minimum absolute atomic E-state index is 1.12. The van der Waals surface area contributed by atoms with Crippen LogP contribution in [0.15, 0.2) is 170 Å². The second-order valence-electron chi connectivity index (χ2n) is 12.7. The Morgan fingerprint density at radius 3 is 0.980 bits per heavy atom. The van der Waals surface area contributed by atoms with Gasteiger partial charge < -0.3 is 0 Å². The van der Waals surface area contributed by atoms with Gasteiger partial charge in [-0.05, 0) is 117 Å². The average Bonchev–Trinajstić information content (AvgIpc) is 3.12. The maximum Gasteiger partial charge on any atom is -0.0263 e. The quantitative estimate of drug-likeness (QED) is 0.116. The van der Waals surface area contributed by atoms with Gasteiger partial charge in [0.05, 0.1) is 0 Å². The fraction of sp³-hybridized carbons (Fsp3) is 0.360. The minimum Gasteiger partial charge on any atom is -0.0999 e. The van der Waals surface area contributed by atoms with E-state index in [9.17, 15) is 0 Å². The van der Waals surface area contributed by atoms with E-state index < -0.39 is 0 Å². The lowest BCUT2D eigenvalue weighted by Crippen LogP contribution is -1.81. The van der Waals surface area contributed by atoms with E-state index in [0.29, 0.717) is 0 Å². The second kappa shape index (κ2) is 37.7. The molecule has 0 heterocycles. The van der Waals surface area contributed by atoms with E-state index >= 15 is 0 Å². The van der Waals surface area contributed by atoms with Gasteiger partial charge in [0.15, 0.2) is 0 Å². The van der Waals surface area contributed by atoms with Gasteiger partial charge in [0.2, 0.25) is 0 Å². The third kappa shape index (κ3) is 40.0. The van der Waals surface area contributed by atoms with Crippen molar-refractivity contribution < 1.29 is 0 Å². The summed E-state index contributed by atoms with van der Waals surface area (Å²) in [6.07, 6.45) is 27.9. The maximum atomic E-state index is 4.02. The van der Waals surface area contributed by atoms with E-state index in [2.05, 4.69) is 119 Å². The van der Waals surface area contributed by atoms with Crippen LogP contribution in [0.3, 0.4) is 0 Å². The molecule has 0 atom stereocenters. The lowest BCUT2D eigenvalue weighted by molar-refractivity contribution is 0.889. The van der Waals surface area contributed by atoms with E-state index in [1.807, 2.05) is 72.8 Å². The summed E-state index contributed by atoms with van der Waals surface area (Å²) in [6.45, 7) is 39.5. The highest BCUT2D eigenvalue weighted by Gasteiger charge is 1.93. The van der Waals surface area contributed by atoms with Crippen LogP contribution in [0.5, 0.6) is 0 Å². The second-order valence-corrected chi connectivity index (χ2v) is 12.7. The summed E-state index contributed by atoms with van der Waals surface area (Å²) in [5, 5.41) is 0. The molecule has 0 unspecified atom stereocenters.